The Labute approximate surface area is 135 Å². The van der Waals surface area contributed by atoms with Gasteiger partial charge in [0.1, 0.15) is 11.4 Å². The second kappa shape index (κ2) is 5.66. The molecule has 1 aromatic carbocycles. The fourth-order valence-electron chi connectivity index (χ4n) is 2.51. The van der Waals surface area contributed by atoms with Crippen LogP contribution in [0, 0.1) is 0 Å². The lowest BCUT2D eigenvalue weighted by atomic mass is 10.1. The summed E-state index contributed by atoms with van der Waals surface area (Å²) < 4.78 is 38.5. The van der Waals surface area contributed by atoms with Gasteiger partial charge in [0.05, 0.1) is 0 Å². The summed E-state index contributed by atoms with van der Waals surface area (Å²) in [5.41, 5.74) is 1.12. The van der Waals surface area contributed by atoms with E-state index >= 15 is 0 Å². The van der Waals surface area contributed by atoms with E-state index in [4.69, 9.17) is 0 Å². The number of aromatic nitrogens is 2. The first kappa shape index (κ1) is 16.0. The number of hydrogen-bond donors (Lipinski definition) is 2. The molecule has 2 aromatic rings. The lowest BCUT2D eigenvalue weighted by Crippen LogP contribution is -2.17. The van der Waals surface area contributed by atoms with Crippen LogP contribution in [0.25, 0.3) is 0 Å². The second-order valence-electron chi connectivity index (χ2n) is 5.36. The quantitative estimate of drug-likeness (QED) is 0.901. The summed E-state index contributed by atoms with van der Waals surface area (Å²) in [4.78, 5) is 21.0. The van der Waals surface area contributed by atoms with Crippen LogP contribution in [0.1, 0.15) is 21.5 Å². The lowest BCUT2D eigenvalue weighted by molar-refractivity contribution is -0.137. The van der Waals surface area contributed by atoms with E-state index in [1.54, 1.807) is 30.1 Å². The van der Waals surface area contributed by atoms with E-state index < -0.39 is 11.7 Å². The van der Waals surface area contributed by atoms with Crippen LogP contribution >= 0.6 is 0 Å². The summed E-state index contributed by atoms with van der Waals surface area (Å²) in [7, 11) is 3.06. The summed E-state index contributed by atoms with van der Waals surface area (Å²) in [6, 6.07) is 5.10. The molecule has 6 nitrogen and oxygen atoms in total. The zero-order valence-corrected chi connectivity index (χ0v) is 12.9. The number of carbonyl (C=O) groups excluding carboxylic acids is 1. The number of carbonyl (C=O) groups is 1. The van der Waals surface area contributed by atoms with E-state index in [9.17, 15) is 18.0 Å². The first-order valence-electron chi connectivity index (χ1n) is 7.07. The first-order valence-corrected chi connectivity index (χ1v) is 7.07. The summed E-state index contributed by atoms with van der Waals surface area (Å²) in [6.45, 7) is 0.485. The molecule has 3 rings (SSSR count). The summed E-state index contributed by atoms with van der Waals surface area (Å²) in [6.07, 6.45) is -3.80. The number of benzene rings is 1. The Hall–Kier alpha value is -2.84. The maximum Gasteiger partial charge on any atom is 0.421 e. The summed E-state index contributed by atoms with van der Waals surface area (Å²) >= 11 is 0. The highest BCUT2D eigenvalue weighted by Gasteiger charge is 2.35. The minimum Gasteiger partial charge on any atom is -0.372 e. The van der Waals surface area contributed by atoms with Gasteiger partial charge in [-0.25, -0.2) is 4.98 Å². The number of nitrogens with zero attached hydrogens (tertiary/aromatic N) is 3. The van der Waals surface area contributed by atoms with Crippen molar-refractivity contribution in [1.82, 2.24) is 14.9 Å². The van der Waals surface area contributed by atoms with Gasteiger partial charge in [-0.15, -0.1) is 0 Å². The average molecular weight is 337 g/mol. The standard InChI is InChI=1S/C15H14F3N5O/c1-19-12-11(15(16,17)18)6-20-14(22-12)21-9-3-4-10-8(5-9)7-23(2)13(10)24/h3-6H,7H2,1-2H3,(H2,19,20,21,22). The van der Waals surface area contributed by atoms with Crippen LogP contribution in [-0.4, -0.2) is 34.9 Å². The third-order valence-corrected chi connectivity index (χ3v) is 3.68. The van der Waals surface area contributed by atoms with Crippen molar-refractivity contribution >= 4 is 23.4 Å². The first-order chi connectivity index (χ1) is 11.3. The molecule has 1 amide bonds. The molecule has 0 bridgehead atoms. The minimum atomic E-state index is -4.53. The molecule has 2 N–H and O–H groups in total. The fourth-order valence-corrected chi connectivity index (χ4v) is 2.51. The van der Waals surface area contributed by atoms with E-state index in [2.05, 4.69) is 20.6 Å². The van der Waals surface area contributed by atoms with Gasteiger partial charge in [-0.05, 0) is 23.8 Å². The van der Waals surface area contributed by atoms with Crippen molar-refractivity contribution in [1.29, 1.82) is 0 Å². The summed E-state index contributed by atoms with van der Waals surface area (Å²) in [5.74, 6) is -0.333. The van der Waals surface area contributed by atoms with Crippen LogP contribution in [-0.2, 0) is 12.7 Å². The van der Waals surface area contributed by atoms with Crippen LogP contribution in [0.5, 0.6) is 0 Å². The molecule has 0 aliphatic carbocycles. The van der Waals surface area contributed by atoms with Gasteiger partial charge in [-0.3, -0.25) is 4.79 Å². The van der Waals surface area contributed by atoms with Crippen molar-refractivity contribution in [3.8, 4) is 0 Å². The topological polar surface area (TPSA) is 70.2 Å². The number of amides is 1. The highest BCUT2D eigenvalue weighted by atomic mass is 19.4. The summed E-state index contributed by atoms with van der Waals surface area (Å²) in [5, 5.41) is 5.28. The molecule has 0 unspecified atom stereocenters. The van der Waals surface area contributed by atoms with Crippen molar-refractivity contribution in [3.05, 3.63) is 41.1 Å². The Morgan fingerprint density at radius 1 is 1.29 bits per heavy atom. The number of hydrogen-bond acceptors (Lipinski definition) is 5. The third-order valence-electron chi connectivity index (χ3n) is 3.68. The van der Waals surface area contributed by atoms with Gasteiger partial charge in [-0.1, -0.05) is 0 Å². The van der Waals surface area contributed by atoms with Gasteiger partial charge >= 0.3 is 6.18 Å². The predicted octanol–water partition coefficient (Wildman–Crippen LogP) is 2.87. The molecule has 1 aliphatic heterocycles. The Bertz CT molecular complexity index is 806. The molecule has 9 heteroatoms. The molecule has 1 aromatic heterocycles. The zero-order valence-electron chi connectivity index (χ0n) is 12.9. The molecule has 1 aliphatic rings. The lowest BCUT2D eigenvalue weighted by Gasteiger charge is -2.13. The Morgan fingerprint density at radius 3 is 2.71 bits per heavy atom. The normalized spacial score (nSPS) is 13.9. The molecule has 0 fully saturated rings. The van der Waals surface area contributed by atoms with Crippen LogP contribution in [0.3, 0.4) is 0 Å². The maximum absolute atomic E-state index is 12.8. The highest BCUT2D eigenvalue weighted by molar-refractivity contribution is 5.98. The monoisotopic (exact) mass is 337 g/mol. The van der Waals surface area contributed by atoms with Crippen molar-refractivity contribution < 1.29 is 18.0 Å². The Kier molecular flexibility index (Phi) is 3.78. The smallest absolute Gasteiger partial charge is 0.372 e. The van der Waals surface area contributed by atoms with E-state index in [0.29, 0.717) is 17.8 Å². The van der Waals surface area contributed by atoms with Crippen LogP contribution in [0.2, 0.25) is 0 Å². The van der Waals surface area contributed by atoms with Crippen LogP contribution in [0.4, 0.5) is 30.6 Å². The minimum absolute atomic E-state index is 0.0324. The number of alkyl halides is 3. The number of halogens is 3. The second-order valence-corrected chi connectivity index (χ2v) is 5.36. The SMILES string of the molecule is CNc1nc(Nc2ccc3c(c2)CN(C)C3=O)ncc1C(F)(F)F. The van der Waals surface area contributed by atoms with Gasteiger partial charge in [0, 0.05) is 38.1 Å². The average Bonchev–Trinajstić information content (AvgIpc) is 2.80. The fraction of sp³-hybridized carbons (Fsp3) is 0.267. The number of anilines is 3. The predicted molar refractivity (Wildman–Crippen MR) is 82.1 cm³/mol. The van der Waals surface area contributed by atoms with Gasteiger partial charge in [0.25, 0.3) is 5.91 Å². The molecule has 0 saturated carbocycles. The number of nitrogens with one attached hydrogen (secondary N) is 2. The van der Waals surface area contributed by atoms with Gasteiger partial charge in [0.2, 0.25) is 5.95 Å². The molecule has 0 radical (unpaired) electrons. The molecule has 24 heavy (non-hydrogen) atoms. The maximum atomic E-state index is 12.8. The largest absolute Gasteiger partial charge is 0.421 e. The van der Waals surface area contributed by atoms with E-state index in [1.807, 2.05) is 0 Å². The molecule has 2 heterocycles. The molecular weight excluding hydrogens is 323 g/mol. The highest BCUT2D eigenvalue weighted by Crippen LogP contribution is 2.34. The molecule has 0 saturated heterocycles. The number of fused-ring (bicyclic) bond motifs is 1. The van der Waals surface area contributed by atoms with Crippen molar-refractivity contribution in [3.63, 3.8) is 0 Å². The van der Waals surface area contributed by atoms with Crippen molar-refractivity contribution in [2.75, 3.05) is 24.7 Å². The van der Waals surface area contributed by atoms with Gasteiger partial charge in [-0.2, -0.15) is 18.2 Å². The van der Waals surface area contributed by atoms with Crippen LogP contribution < -0.4 is 10.6 Å². The van der Waals surface area contributed by atoms with Gasteiger partial charge in [0.15, 0.2) is 0 Å². The van der Waals surface area contributed by atoms with E-state index in [-0.39, 0.29) is 17.7 Å². The van der Waals surface area contributed by atoms with E-state index in [1.165, 1.54) is 7.05 Å². The Morgan fingerprint density at radius 2 is 2.04 bits per heavy atom. The molecule has 126 valence electrons. The van der Waals surface area contributed by atoms with Crippen LogP contribution in [0.15, 0.2) is 24.4 Å². The van der Waals surface area contributed by atoms with Crippen molar-refractivity contribution in [2.45, 2.75) is 12.7 Å². The third kappa shape index (κ3) is 2.84. The van der Waals surface area contributed by atoms with Crippen molar-refractivity contribution in [2.24, 2.45) is 0 Å². The molecule has 0 spiro atoms. The zero-order chi connectivity index (χ0) is 17.5. The number of rotatable bonds is 3. The molecule has 0 atom stereocenters. The van der Waals surface area contributed by atoms with Gasteiger partial charge < -0.3 is 15.5 Å². The Balaban J connectivity index is 1.87. The van der Waals surface area contributed by atoms with E-state index in [0.717, 1.165) is 11.8 Å². The molecular formula is C15H14F3N5O.